The predicted octanol–water partition coefficient (Wildman–Crippen LogP) is 3.15. The zero-order valence-electron chi connectivity index (χ0n) is 22.0. The summed E-state index contributed by atoms with van der Waals surface area (Å²) in [5.41, 5.74) is -0.779. The molecule has 0 aromatic rings. The Kier molecular flexibility index (Phi) is 8.29. The second-order valence-electron chi connectivity index (χ2n) is 11.1. The summed E-state index contributed by atoms with van der Waals surface area (Å²) >= 11 is 0. The summed E-state index contributed by atoms with van der Waals surface area (Å²) in [6, 6.07) is -0.139. The molecule has 3 heterocycles. The minimum atomic E-state index is -1.25. The van der Waals surface area contributed by atoms with Crippen LogP contribution in [0.25, 0.3) is 0 Å². The second kappa shape index (κ2) is 10.5. The van der Waals surface area contributed by atoms with Crippen LogP contribution in [-0.2, 0) is 23.8 Å². The summed E-state index contributed by atoms with van der Waals surface area (Å²) in [5, 5.41) is 21.6. The highest BCUT2D eigenvalue weighted by molar-refractivity contribution is 5.88. The van der Waals surface area contributed by atoms with Crippen LogP contribution in [0.1, 0.15) is 67.7 Å². The molecule has 0 aliphatic carbocycles. The topological polar surface area (TPSA) is 118 Å². The molecular weight excluding hydrogens is 450 g/mol. The molecule has 8 atom stereocenters. The second-order valence-corrected chi connectivity index (χ2v) is 11.1. The van der Waals surface area contributed by atoms with E-state index in [0.29, 0.717) is 25.3 Å². The fourth-order valence-electron chi connectivity index (χ4n) is 4.91. The Bertz CT molecular complexity index is 907. The fraction of sp³-hybridized carbons (Fsp3) is 0.741. The predicted molar refractivity (Wildman–Crippen MR) is 132 cm³/mol. The first kappa shape index (κ1) is 27.6. The molecule has 3 aliphatic heterocycles. The zero-order valence-corrected chi connectivity index (χ0v) is 22.0. The molecule has 0 radical (unpaired) electrons. The molecular formula is C27H41NO7. The van der Waals surface area contributed by atoms with Crippen LogP contribution in [0, 0.1) is 17.3 Å². The molecule has 8 heteroatoms. The van der Waals surface area contributed by atoms with Crippen molar-refractivity contribution in [3.63, 3.8) is 0 Å². The van der Waals surface area contributed by atoms with Gasteiger partial charge in [-0.3, -0.25) is 9.59 Å². The Morgan fingerprint density at radius 3 is 2.51 bits per heavy atom. The average Bonchev–Trinajstić information content (AvgIpc) is 3.22. The first-order valence-electron chi connectivity index (χ1n) is 12.5. The monoisotopic (exact) mass is 491 g/mol. The van der Waals surface area contributed by atoms with Gasteiger partial charge in [0.2, 0.25) is 0 Å². The molecule has 1 fully saturated rings. The average molecular weight is 492 g/mol. The van der Waals surface area contributed by atoms with Crippen LogP contribution in [-0.4, -0.2) is 70.5 Å². The lowest BCUT2D eigenvalue weighted by atomic mass is 9.73. The summed E-state index contributed by atoms with van der Waals surface area (Å²) < 4.78 is 17.3. The summed E-state index contributed by atoms with van der Waals surface area (Å²) in [6.45, 7) is 12.9. The summed E-state index contributed by atoms with van der Waals surface area (Å²) in [4.78, 5) is 30.5. The normalized spacial score (nSPS) is 41.0. The van der Waals surface area contributed by atoms with E-state index in [1.54, 1.807) is 27.7 Å². The lowest BCUT2D eigenvalue weighted by Gasteiger charge is -2.34. The van der Waals surface area contributed by atoms with E-state index in [1.165, 1.54) is 0 Å². The highest BCUT2D eigenvalue weighted by Crippen LogP contribution is 2.44. The molecule has 0 bridgehead atoms. The van der Waals surface area contributed by atoms with E-state index in [2.05, 4.69) is 4.99 Å². The molecule has 3 rings (SSSR count). The quantitative estimate of drug-likeness (QED) is 0.346. The maximum absolute atomic E-state index is 13.2. The van der Waals surface area contributed by atoms with Crippen LogP contribution in [0.15, 0.2) is 28.8 Å². The van der Waals surface area contributed by atoms with E-state index in [4.69, 9.17) is 14.2 Å². The largest absolute Gasteiger partial charge is 0.479 e. The zero-order chi connectivity index (χ0) is 26.1. The maximum atomic E-state index is 13.2. The van der Waals surface area contributed by atoms with Crippen molar-refractivity contribution in [1.29, 1.82) is 0 Å². The van der Waals surface area contributed by atoms with E-state index in [0.717, 1.165) is 5.57 Å². The van der Waals surface area contributed by atoms with Crippen LogP contribution >= 0.6 is 0 Å². The van der Waals surface area contributed by atoms with E-state index in [-0.39, 0.29) is 30.3 Å². The number of aliphatic imine (C=N–C) groups is 1. The van der Waals surface area contributed by atoms with E-state index in [1.807, 2.05) is 39.0 Å². The Hall–Kier alpha value is -2.03. The molecule has 0 aromatic carbocycles. The number of rotatable bonds is 2. The number of ketones is 1. The summed E-state index contributed by atoms with van der Waals surface area (Å²) in [5.74, 6) is -1.22. The van der Waals surface area contributed by atoms with Crippen molar-refractivity contribution in [2.75, 3.05) is 6.61 Å². The minimum absolute atomic E-state index is 0.103. The number of aliphatic hydroxyl groups excluding tert-OH is 2. The molecule has 8 nitrogen and oxygen atoms in total. The lowest BCUT2D eigenvalue weighted by Crippen LogP contribution is -2.45. The minimum Gasteiger partial charge on any atom is -0.479 e. The Balaban J connectivity index is 1.87. The van der Waals surface area contributed by atoms with Crippen molar-refractivity contribution in [3.05, 3.63) is 23.8 Å². The van der Waals surface area contributed by atoms with Gasteiger partial charge in [-0.05, 0) is 25.8 Å². The first-order chi connectivity index (χ1) is 16.2. The van der Waals surface area contributed by atoms with Crippen molar-refractivity contribution in [3.8, 4) is 0 Å². The smallest absolute Gasteiger partial charge is 0.309 e. The van der Waals surface area contributed by atoms with Crippen LogP contribution in [0.2, 0.25) is 0 Å². The number of esters is 1. The van der Waals surface area contributed by atoms with Gasteiger partial charge in [-0.25, -0.2) is 4.99 Å². The number of hydrogen-bond acceptors (Lipinski definition) is 8. The van der Waals surface area contributed by atoms with Gasteiger partial charge < -0.3 is 24.4 Å². The number of cyclic esters (lactones) is 1. The van der Waals surface area contributed by atoms with E-state index >= 15 is 0 Å². The molecule has 1 saturated heterocycles. The van der Waals surface area contributed by atoms with Crippen LogP contribution in [0.4, 0.5) is 0 Å². The van der Waals surface area contributed by atoms with E-state index < -0.39 is 41.2 Å². The van der Waals surface area contributed by atoms with Crippen molar-refractivity contribution in [2.45, 2.75) is 104 Å². The summed E-state index contributed by atoms with van der Waals surface area (Å²) in [6.07, 6.45) is 3.82. The SMILES string of the molecule is CC(=CC1COC(C)=N1)[C@@H]1CC2OC2(C)CC=C[C@H](C)[C@H](O)[C@@H](C)C(=O)C(C)(C)[C@@H](O)CC(=O)O1. The highest BCUT2D eigenvalue weighted by atomic mass is 16.6. The molecule has 3 unspecified atom stereocenters. The van der Waals surface area contributed by atoms with Gasteiger partial charge in [-0.2, -0.15) is 0 Å². The Morgan fingerprint density at radius 2 is 1.89 bits per heavy atom. The third kappa shape index (κ3) is 6.40. The number of nitrogens with zero attached hydrogens (tertiary/aromatic N) is 1. The standard InChI is InChI=1S/C27H41NO7/c1-15-9-8-10-27(7)22(35-27)12-20(16(2)11-19-14-33-18(4)28-19)34-23(30)13-21(29)26(5,6)25(32)17(3)24(15)31/h8-9,11,15,17,19-22,24,29,31H,10,12-14H2,1-7H3/t15-,17+,19?,20-,21-,22?,24-,27?/m0/s1. The van der Waals surface area contributed by atoms with Crippen LogP contribution < -0.4 is 0 Å². The van der Waals surface area contributed by atoms with Crippen molar-refractivity contribution in [1.82, 2.24) is 0 Å². The van der Waals surface area contributed by atoms with Gasteiger partial charge in [-0.15, -0.1) is 0 Å². The molecule has 196 valence electrons. The lowest BCUT2D eigenvalue weighted by molar-refractivity contribution is -0.154. The third-order valence-electron chi connectivity index (χ3n) is 7.77. The van der Waals surface area contributed by atoms with Gasteiger partial charge in [0, 0.05) is 25.2 Å². The Morgan fingerprint density at radius 1 is 1.20 bits per heavy atom. The number of epoxide rings is 1. The molecule has 3 aliphatic rings. The third-order valence-corrected chi connectivity index (χ3v) is 7.77. The number of ether oxygens (including phenoxy) is 3. The first-order valence-corrected chi connectivity index (χ1v) is 12.5. The van der Waals surface area contributed by atoms with Gasteiger partial charge >= 0.3 is 5.97 Å². The number of aliphatic hydroxyl groups is 2. The van der Waals surface area contributed by atoms with Gasteiger partial charge in [0.1, 0.15) is 24.5 Å². The molecule has 0 aromatic heterocycles. The van der Waals surface area contributed by atoms with Crippen molar-refractivity contribution >= 4 is 17.7 Å². The number of hydrogen-bond donors (Lipinski definition) is 2. The maximum Gasteiger partial charge on any atom is 0.309 e. The van der Waals surface area contributed by atoms with Gasteiger partial charge in [0.25, 0.3) is 0 Å². The molecule has 35 heavy (non-hydrogen) atoms. The van der Waals surface area contributed by atoms with Crippen molar-refractivity contribution in [2.24, 2.45) is 22.2 Å². The Labute approximate surface area is 208 Å². The van der Waals surface area contributed by atoms with E-state index in [9.17, 15) is 19.8 Å². The fourth-order valence-corrected chi connectivity index (χ4v) is 4.91. The van der Waals surface area contributed by atoms with Gasteiger partial charge in [-0.1, -0.05) is 45.9 Å². The van der Waals surface area contributed by atoms with Crippen molar-refractivity contribution < 1.29 is 34.0 Å². The van der Waals surface area contributed by atoms with Gasteiger partial charge in [0.15, 0.2) is 5.90 Å². The number of carbonyl (C=O) groups excluding carboxylic acids is 2. The molecule has 0 spiro atoms. The molecule has 0 amide bonds. The van der Waals surface area contributed by atoms with Crippen LogP contribution in [0.5, 0.6) is 0 Å². The summed E-state index contributed by atoms with van der Waals surface area (Å²) in [7, 11) is 0. The number of carbonyl (C=O) groups is 2. The highest BCUT2D eigenvalue weighted by Gasteiger charge is 2.52. The van der Waals surface area contributed by atoms with Gasteiger partial charge in [0.05, 0.1) is 35.7 Å². The molecule has 2 N–H and O–H groups in total. The van der Waals surface area contributed by atoms with Crippen LogP contribution in [0.3, 0.4) is 0 Å². The number of Topliss-reactive ketones (excluding diaryl/α,β-unsaturated/α-hetero) is 1. The molecule has 0 saturated carbocycles. The number of fused-ring (bicyclic) bond motifs is 1.